The molecule has 3 nitrogen and oxygen atoms in total. The smallest absolute Gasteiger partial charge is 0.223 e. The van der Waals surface area contributed by atoms with E-state index in [9.17, 15) is 4.79 Å². The number of ether oxygens (including phenoxy) is 1. The zero-order valence-electron chi connectivity index (χ0n) is 11.1. The summed E-state index contributed by atoms with van der Waals surface area (Å²) < 4.78 is 5.34. The van der Waals surface area contributed by atoms with Gasteiger partial charge in [0.2, 0.25) is 5.91 Å². The normalized spacial score (nSPS) is 24.4. The summed E-state index contributed by atoms with van der Waals surface area (Å²) in [5.41, 5.74) is 1.01. The lowest BCUT2D eigenvalue weighted by Crippen LogP contribution is -2.35. The molecule has 0 saturated heterocycles. The van der Waals surface area contributed by atoms with Gasteiger partial charge in [0, 0.05) is 12.5 Å². The Morgan fingerprint density at radius 2 is 2.00 bits per heavy atom. The van der Waals surface area contributed by atoms with Gasteiger partial charge in [0.05, 0.1) is 13.2 Å². The molecule has 0 spiro atoms. The van der Waals surface area contributed by atoms with E-state index in [1.54, 1.807) is 0 Å². The second kappa shape index (κ2) is 7.49. The van der Waals surface area contributed by atoms with Gasteiger partial charge in [-0.15, -0.1) is 0 Å². The number of carbonyl (C=O) groups is 1. The quantitative estimate of drug-likeness (QED) is 0.571. The predicted molar refractivity (Wildman–Crippen MR) is 69.8 cm³/mol. The zero-order valence-corrected chi connectivity index (χ0v) is 11.1. The molecule has 1 aliphatic rings. The minimum Gasteiger partial charge on any atom is -0.375 e. The van der Waals surface area contributed by atoms with Crippen LogP contribution in [-0.4, -0.2) is 25.7 Å². The molecule has 1 aliphatic carbocycles. The van der Waals surface area contributed by atoms with Crippen LogP contribution in [0.2, 0.25) is 0 Å². The standard InChI is InChI=1S/C14H25NO2/c1-11(2)10-17-9-8-15-14(16)13-6-4-12(3)5-7-13/h12-13H,1,4-10H2,2-3H3,(H,15,16). The minimum atomic E-state index is 0.204. The Labute approximate surface area is 105 Å². The first-order valence-electron chi connectivity index (χ1n) is 6.59. The summed E-state index contributed by atoms with van der Waals surface area (Å²) >= 11 is 0. The van der Waals surface area contributed by atoms with Gasteiger partial charge < -0.3 is 10.1 Å². The van der Waals surface area contributed by atoms with E-state index in [4.69, 9.17) is 4.74 Å². The third kappa shape index (κ3) is 5.87. The fourth-order valence-corrected chi connectivity index (χ4v) is 2.16. The molecule has 0 aromatic rings. The molecule has 17 heavy (non-hydrogen) atoms. The highest BCUT2D eigenvalue weighted by molar-refractivity contribution is 5.78. The highest BCUT2D eigenvalue weighted by atomic mass is 16.5. The van der Waals surface area contributed by atoms with E-state index in [2.05, 4.69) is 18.8 Å². The van der Waals surface area contributed by atoms with Crippen molar-refractivity contribution >= 4 is 5.91 Å². The Morgan fingerprint density at radius 1 is 1.35 bits per heavy atom. The molecule has 0 heterocycles. The van der Waals surface area contributed by atoms with Crippen molar-refractivity contribution in [3.8, 4) is 0 Å². The van der Waals surface area contributed by atoms with E-state index in [-0.39, 0.29) is 11.8 Å². The van der Waals surface area contributed by atoms with E-state index in [1.807, 2.05) is 6.92 Å². The SMILES string of the molecule is C=C(C)COCCNC(=O)C1CCC(C)CC1. The number of nitrogens with one attached hydrogen (secondary N) is 1. The summed E-state index contributed by atoms with van der Waals surface area (Å²) in [7, 11) is 0. The molecular formula is C14H25NO2. The van der Waals surface area contributed by atoms with E-state index in [0.717, 1.165) is 24.3 Å². The maximum Gasteiger partial charge on any atom is 0.223 e. The van der Waals surface area contributed by atoms with Gasteiger partial charge in [-0.25, -0.2) is 0 Å². The molecule has 1 fully saturated rings. The van der Waals surface area contributed by atoms with Crippen LogP contribution >= 0.6 is 0 Å². The first-order valence-corrected chi connectivity index (χ1v) is 6.59. The molecule has 0 aliphatic heterocycles. The summed E-state index contributed by atoms with van der Waals surface area (Å²) in [5.74, 6) is 1.22. The van der Waals surface area contributed by atoms with Gasteiger partial charge in [0.15, 0.2) is 0 Å². The van der Waals surface area contributed by atoms with Gasteiger partial charge in [-0.1, -0.05) is 19.1 Å². The van der Waals surface area contributed by atoms with E-state index < -0.39 is 0 Å². The number of hydrogen-bond acceptors (Lipinski definition) is 2. The average Bonchev–Trinajstić information content (AvgIpc) is 2.29. The Morgan fingerprint density at radius 3 is 2.59 bits per heavy atom. The van der Waals surface area contributed by atoms with Gasteiger partial charge in [-0.05, 0) is 38.5 Å². The fourth-order valence-electron chi connectivity index (χ4n) is 2.16. The van der Waals surface area contributed by atoms with Crippen LogP contribution in [-0.2, 0) is 9.53 Å². The van der Waals surface area contributed by atoms with Crippen molar-refractivity contribution in [2.75, 3.05) is 19.8 Å². The van der Waals surface area contributed by atoms with Gasteiger partial charge in [-0.3, -0.25) is 4.79 Å². The Hall–Kier alpha value is -0.830. The lowest BCUT2D eigenvalue weighted by atomic mass is 9.82. The fraction of sp³-hybridized carbons (Fsp3) is 0.786. The molecule has 0 bridgehead atoms. The molecule has 1 saturated carbocycles. The highest BCUT2D eigenvalue weighted by Crippen LogP contribution is 2.28. The third-order valence-corrected chi connectivity index (χ3v) is 3.28. The van der Waals surface area contributed by atoms with Gasteiger partial charge >= 0.3 is 0 Å². The predicted octanol–water partition coefficient (Wildman–Crippen LogP) is 2.52. The van der Waals surface area contributed by atoms with E-state index in [1.165, 1.54) is 12.8 Å². The number of hydrogen-bond donors (Lipinski definition) is 1. The summed E-state index contributed by atoms with van der Waals surface area (Å²) in [6, 6.07) is 0. The van der Waals surface area contributed by atoms with E-state index in [0.29, 0.717) is 19.8 Å². The topological polar surface area (TPSA) is 38.3 Å². The first-order chi connectivity index (χ1) is 8.09. The second-order valence-corrected chi connectivity index (χ2v) is 5.26. The summed E-state index contributed by atoms with van der Waals surface area (Å²) in [5, 5.41) is 2.95. The maximum atomic E-state index is 11.8. The minimum absolute atomic E-state index is 0.204. The van der Waals surface area contributed by atoms with Crippen molar-refractivity contribution in [1.29, 1.82) is 0 Å². The van der Waals surface area contributed by atoms with Crippen LogP contribution in [0.1, 0.15) is 39.5 Å². The van der Waals surface area contributed by atoms with Gasteiger partial charge in [0.1, 0.15) is 0 Å². The molecule has 0 aromatic carbocycles. The molecule has 1 N–H and O–H groups in total. The number of carbonyl (C=O) groups excluding carboxylic acids is 1. The first kappa shape index (κ1) is 14.2. The Balaban J connectivity index is 2.06. The highest BCUT2D eigenvalue weighted by Gasteiger charge is 2.23. The Kier molecular flexibility index (Phi) is 6.27. The number of amides is 1. The van der Waals surface area contributed by atoms with Crippen molar-refractivity contribution in [1.82, 2.24) is 5.32 Å². The third-order valence-electron chi connectivity index (χ3n) is 3.28. The summed E-state index contributed by atoms with van der Waals surface area (Å²) in [4.78, 5) is 11.8. The molecule has 0 aromatic heterocycles. The van der Waals surface area contributed by atoms with Crippen LogP contribution in [0, 0.1) is 11.8 Å². The van der Waals surface area contributed by atoms with Crippen LogP contribution in [0.4, 0.5) is 0 Å². The summed E-state index contributed by atoms with van der Waals surface area (Å²) in [6.07, 6.45) is 4.45. The van der Waals surface area contributed by atoms with Crippen molar-refractivity contribution in [3.05, 3.63) is 12.2 Å². The molecule has 1 amide bonds. The van der Waals surface area contributed by atoms with Crippen molar-refractivity contribution in [2.24, 2.45) is 11.8 Å². The largest absolute Gasteiger partial charge is 0.375 e. The van der Waals surface area contributed by atoms with Crippen LogP contribution in [0.5, 0.6) is 0 Å². The van der Waals surface area contributed by atoms with Crippen LogP contribution in [0.25, 0.3) is 0 Å². The molecular weight excluding hydrogens is 214 g/mol. The molecule has 1 rings (SSSR count). The lowest BCUT2D eigenvalue weighted by molar-refractivity contribution is -0.126. The van der Waals surface area contributed by atoms with E-state index >= 15 is 0 Å². The van der Waals surface area contributed by atoms with Crippen LogP contribution in [0.3, 0.4) is 0 Å². The van der Waals surface area contributed by atoms with Crippen molar-refractivity contribution < 1.29 is 9.53 Å². The average molecular weight is 239 g/mol. The Bertz CT molecular complexity index is 255. The monoisotopic (exact) mass is 239 g/mol. The second-order valence-electron chi connectivity index (χ2n) is 5.26. The van der Waals surface area contributed by atoms with Crippen molar-refractivity contribution in [2.45, 2.75) is 39.5 Å². The van der Waals surface area contributed by atoms with Gasteiger partial charge in [0.25, 0.3) is 0 Å². The van der Waals surface area contributed by atoms with Gasteiger partial charge in [-0.2, -0.15) is 0 Å². The van der Waals surface area contributed by atoms with Crippen molar-refractivity contribution in [3.63, 3.8) is 0 Å². The lowest BCUT2D eigenvalue weighted by Gasteiger charge is -2.25. The summed E-state index contributed by atoms with van der Waals surface area (Å²) in [6.45, 7) is 9.71. The molecule has 3 heteroatoms. The molecule has 98 valence electrons. The molecule has 0 unspecified atom stereocenters. The van der Waals surface area contributed by atoms with Crippen LogP contribution < -0.4 is 5.32 Å². The number of rotatable bonds is 6. The van der Waals surface area contributed by atoms with Crippen LogP contribution in [0.15, 0.2) is 12.2 Å². The maximum absolute atomic E-state index is 11.8. The molecule has 0 atom stereocenters. The zero-order chi connectivity index (χ0) is 12.7. The molecule has 0 radical (unpaired) electrons.